The number of ether oxygens (including phenoxy) is 1. The maximum atomic E-state index is 11.2. The van der Waals surface area contributed by atoms with Crippen molar-refractivity contribution in [3.05, 3.63) is 10.4 Å². The fourth-order valence-corrected chi connectivity index (χ4v) is 4.73. The molecule has 2 N–H and O–H groups in total. The van der Waals surface area contributed by atoms with Crippen LogP contribution in [0.5, 0.6) is 0 Å². The lowest BCUT2D eigenvalue weighted by atomic mass is 9.89. The molecule has 0 fully saturated rings. The third kappa shape index (κ3) is 2.85. The number of nitrogens with zero attached hydrogens (tertiary/aromatic N) is 2. The first kappa shape index (κ1) is 14.6. The summed E-state index contributed by atoms with van der Waals surface area (Å²) in [5, 5.41) is 1.56. The van der Waals surface area contributed by atoms with E-state index in [1.54, 1.807) is 11.3 Å². The molecule has 0 radical (unpaired) electrons. The number of esters is 1. The van der Waals surface area contributed by atoms with Gasteiger partial charge in [-0.25, -0.2) is 9.97 Å². The van der Waals surface area contributed by atoms with E-state index in [2.05, 4.69) is 21.6 Å². The van der Waals surface area contributed by atoms with Crippen LogP contribution in [0.2, 0.25) is 0 Å². The minimum Gasteiger partial charge on any atom is -0.468 e. The van der Waals surface area contributed by atoms with E-state index in [1.165, 1.54) is 35.7 Å². The fraction of sp³-hybridized carbons (Fsp3) is 0.500. The Balaban J connectivity index is 1.95. The first-order valence-electron chi connectivity index (χ1n) is 6.86. The van der Waals surface area contributed by atoms with E-state index in [9.17, 15) is 4.79 Å². The van der Waals surface area contributed by atoms with Crippen LogP contribution in [0.1, 0.15) is 23.8 Å². The molecule has 1 aliphatic rings. The zero-order valence-electron chi connectivity index (χ0n) is 12.0. The van der Waals surface area contributed by atoms with Gasteiger partial charge in [-0.3, -0.25) is 4.79 Å². The highest BCUT2D eigenvalue weighted by atomic mass is 32.2. The third-order valence-corrected chi connectivity index (χ3v) is 5.68. The van der Waals surface area contributed by atoms with Crippen LogP contribution < -0.4 is 5.73 Å². The number of fused-ring (bicyclic) bond motifs is 3. The Morgan fingerprint density at radius 3 is 3.10 bits per heavy atom. The van der Waals surface area contributed by atoms with Crippen molar-refractivity contribution in [2.24, 2.45) is 5.92 Å². The molecule has 21 heavy (non-hydrogen) atoms. The molecule has 2 aromatic heterocycles. The third-order valence-electron chi connectivity index (χ3n) is 3.71. The van der Waals surface area contributed by atoms with E-state index >= 15 is 0 Å². The number of aryl methyl sites for hydroxylation is 1. The molecule has 0 spiro atoms. The predicted molar refractivity (Wildman–Crippen MR) is 85.8 cm³/mol. The van der Waals surface area contributed by atoms with Gasteiger partial charge in [0.2, 0.25) is 0 Å². The van der Waals surface area contributed by atoms with Crippen molar-refractivity contribution in [1.29, 1.82) is 0 Å². The zero-order chi connectivity index (χ0) is 15.0. The number of carbonyl (C=O) groups is 1. The van der Waals surface area contributed by atoms with Crippen LogP contribution in [0.25, 0.3) is 10.2 Å². The molecule has 0 saturated carbocycles. The average Bonchev–Trinajstić information content (AvgIpc) is 2.82. The Kier molecular flexibility index (Phi) is 4.03. The van der Waals surface area contributed by atoms with Gasteiger partial charge < -0.3 is 10.5 Å². The van der Waals surface area contributed by atoms with Gasteiger partial charge in [-0.05, 0) is 30.7 Å². The monoisotopic (exact) mass is 323 g/mol. The van der Waals surface area contributed by atoms with Crippen LogP contribution >= 0.6 is 23.1 Å². The first-order valence-corrected chi connectivity index (χ1v) is 8.66. The van der Waals surface area contributed by atoms with Gasteiger partial charge in [-0.2, -0.15) is 0 Å². The highest BCUT2D eigenvalue weighted by molar-refractivity contribution is 7.99. The van der Waals surface area contributed by atoms with Gasteiger partial charge in [-0.15, -0.1) is 11.3 Å². The number of thiophene rings is 1. The number of hydrogen-bond acceptors (Lipinski definition) is 7. The number of rotatable bonds is 3. The SMILES string of the molecule is COC(=O)CSc1nc(N)c2c3c(sc2n1)CC(C)CC3. The molecule has 5 nitrogen and oxygen atoms in total. The number of methoxy groups -OCH3 is 1. The van der Waals surface area contributed by atoms with E-state index < -0.39 is 0 Å². The lowest BCUT2D eigenvalue weighted by molar-refractivity contribution is -0.137. The van der Waals surface area contributed by atoms with Crippen molar-refractivity contribution in [2.45, 2.75) is 31.3 Å². The largest absolute Gasteiger partial charge is 0.468 e. The first-order chi connectivity index (χ1) is 10.1. The topological polar surface area (TPSA) is 78.1 Å². The van der Waals surface area contributed by atoms with Gasteiger partial charge in [0.25, 0.3) is 0 Å². The van der Waals surface area contributed by atoms with Crippen molar-refractivity contribution < 1.29 is 9.53 Å². The molecule has 0 amide bonds. The highest BCUT2D eigenvalue weighted by Gasteiger charge is 2.23. The fourth-order valence-electron chi connectivity index (χ4n) is 2.60. The summed E-state index contributed by atoms with van der Waals surface area (Å²) in [6.45, 7) is 2.28. The minimum atomic E-state index is -0.290. The van der Waals surface area contributed by atoms with E-state index in [1.807, 2.05) is 0 Å². The number of nitrogen functional groups attached to an aromatic ring is 1. The second kappa shape index (κ2) is 5.81. The van der Waals surface area contributed by atoms with Crippen LogP contribution in [0.15, 0.2) is 5.16 Å². The quantitative estimate of drug-likeness (QED) is 0.531. The summed E-state index contributed by atoms with van der Waals surface area (Å²) in [7, 11) is 1.37. The summed E-state index contributed by atoms with van der Waals surface area (Å²) in [5.41, 5.74) is 7.45. The molecule has 3 rings (SSSR count). The van der Waals surface area contributed by atoms with Crippen LogP contribution in [-0.4, -0.2) is 28.8 Å². The Labute approximate surface area is 131 Å². The van der Waals surface area contributed by atoms with Gasteiger partial charge in [0, 0.05) is 4.88 Å². The Morgan fingerprint density at radius 2 is 2.33 bits per heavy atom. The van der Waals surface area contributed by atoms with E-state index in [0.29, 0.717) is 16.9 Å². The molecule has 1 unspecified atom stereocenters. The standard InChI is InChI=1S/C14H17N3O2S2/c1-7-3-4-8-9(5-7)21-13-11(8)12(15)16-14(17-13)20-6-10(18)19-2/h7H,3-6H2,1-2H3,(H2,15,16,17). The molecule has 2 heterocycles. The second-order valence-electron chi connectivity index (χ2n) is 5.29. The highest BCUT2D eigenvalue weighted by Crippen LogP contribution is 2.39. The van der Waals surface area contributed by atoms with Crippen LogP contribution in [0, 0.1) is 5.92 Å². The molecule has 2 aromatic rings. The van der Waals surface area contributed by atoms with Gasteiger partial charge >= 0.3 is 5.97 Å². The molecule has 0 aliphatic heterocycles. The van der Waals surface area contributed by atoms with E-state index in [0.717, 1.165) is 23.1 Å². The molecular weight excluding hydrogens is 306 g/mol. The Morgan fingerprint density at radius 1 is 1.52 bits per heavy atom. The van der Waals surface area contributed by atoms with Crippen molar-refractivity contribution in [1.82, 2.24) is 9.97 Å². The van der Waals surface area contributed by atoms with Crippen molar-refractivity contribution in [2.75, 3.05) is 18.6 Å². The number of nitrogens with two attached hydrogens (primary N) is 1. The summed E-state index contributed by atoms with van der Waals surface area (Å²) >= 11 is 2.97. The van der Waals surface area contributed by atoms with Gasteiger partial charge in [-0.1, -0.05) is 18.7 Å². The Hall–Kier alpha value is -1.34. The molecule has 7 heteroatoms. The number of carbonyl (C=O) groups excluding carboxylic acids is 1. The Bertz CT molecular complexity index is 699. The van der Waals surface area contributed by atoms with Gasteiger partial charge in [0.05, 0.1) is 18.2 Å². The predicted octanol–water partition coefficient (Wildman–Crippen LogP) is 2.66. The molecule has 0 saturated heterocycles. The number of anilines is 1. The second-order valence-corrected chi connectivity index (χ2v) is 7.31. The zero-order valence-corrected chi connectivity index (χ0v) is 13.6. The number of thioether (sulfide) groups is 1. The normalized spacial score (nSPS) is 17.7. The van der Waals surface area contributed by atoms with Crippen molar-refractivity contribution in [3.8, 4) is 0 Å². The summed E-state index contributed by atoms with van der Waals surface area (Å²) in [6.07, 6.45) is 3.34. The van der Waals surface area contributed by atoms with Crippen LogP contribution in [0.4, 0.5) is 5.82 Å². The molecule has 0 aromatic carbocycles. The lowest BCUT2D eigenvalue weighted by Crippen LogP contribution is -2.09. The minimum absolute atomic E-state index is 0.198. The summed E-state index contributed by atoms with van der Waals surface area (Å²) in [4.78, 5) is 22.4. The average molecular weight is 323 g/mol. The lowest BCUT2D eigenvalue weighted by Gasteiger charge is -2.17. The van der Waals surface area contributed by atoms with Gasteiger partial charge in [0.1, 0.15) is 10.6 Å². The maximum absolute atomic E-state index is 11.2. The maximum Gasteiger partial charge on any atom is 0.316 e. The summed E-state index contributed by atoms with van der Waals surface area (Å²) in [5.74, 6) is 1.15. The smallest absolute Gasteiger partial charge is 0.316 e. The molecular formula is C14H17N3O2S2. The van der Waals surface area contributed by atoms with E-state index in [-0.39, 0.29) is 11.7 Å². The van der Waals surface area contributed by atoms with Crippen molar-refractivity contribution >= 4 is 45.1 Å². The van der Waals surface area contributed by atoms with Crippen LogP contribution in [0.3, 0.4) is 0 Å². The summed E-state index contributed by atoms with van der Waals surface area (Å²) < 4.78 is 4.62. The number of hydrogen-bond donors (Lipinski definition) is 1. The van der Waals surface area contributed by atoms with Crippen LogP contribution in [-0.2, 0) is 22.4 Å². The van der Waals surface area contributed by atoms with E-state index in [4.69, 9.17) is 5.73 Å². The number of aromatic nitrogens is 2. The molecule has 1 aliphatic carbocycles. The molecule has 1 atom stereocenters. The molecule has 0 bridgehead atoms. The van der Waals surface area contributed by atoms with Crippen molar-refractivity contribution in [3.63, 3.8) is 0 Å². The van der Waals surface area contributed by atoms with Gasteiger partial charge in [0.15, 0.2) is 5.16 Å². The summed E-state index contributed by atoms with van der Waals surface area (Å²) in [6, 6.07) is 0. The molecule has 112 valence electrons.